The van der Waals surface area contributed by atoms with E-state index in [1.807, 2.05) is 12.1 Å². The summed E-state index contributed by atoms with van der Waals surface area (Å²) in [6.45, 7) is 11.4. The van der Waals surface area contributed by atoms with Gasteiger partial charge in [-0.05, 0) is 32.9 Å². The molecule has 1 atom stereocenters. The average molecular weight is 268 g/mol. The van der Waals surface area contributed by atoms with Crippen molar-refractivity contribution in [3.8, 4) is 0 Å². The predicted octanol–water partition coefficient (Wildman–Crippen LogP) is 2.76. The van der Waals surface area contributed by atoms with Gasteiger partial charge in [-0.15, -0.1) is 0 Å². The molecule has 2 rings (SSSR count). The van der Waals surface area contributed by atoms with Crippen molar-refractivity contribution in [3.63, 3.8) is 0 Å². The largest absolute Gasteiger partial charge is 0.468 e. The maximum atomic E-state index is 5.39. The highest BCUT2D eigenvalue weighted by molar-refractivity contribution is 8.00. The second kappa shape index (κ2) is 6.13. The van der Waals surface area contributed by atoms with Crippen molar-refractivity contribution in [2.24, 2.45) is 0 Å². The van der Waals surface area contributed by atoms with Gasteiger partial charge in [-0.2, -0.15) is 11.8 Å². The molecule has 0 spiro atoms. The Balaban J connectivity index is 1.69. The van der Waals surface area contributed by atoms with E-state index in [1.54, 1.807) is 6.26 Å². The van der Waals surface area contributed by atoms with E-state index in [9.17, 15) is 0 Å². The van der Waals surface area contributed by atoms with Crippen LogP contribution in [0.3, 0.4) is 0 Å². The van der Waals surface area contributed by atoms with Gasteiger partial charge in [-0.3, -0.25) is 4.90 Å². The lowest BCUT2D eigenvalue weighted by Crippen LogP contribution is -2.45. The fourth-order valence-electron chi connectivity index (χ4n) is 2.38. The molecule has 1 aliphatic heterocycles. The van der Waals surface area contributed by atoms with Crippen molar-refractivity contribution in [2.75, 3.05) is 31.9 Å². The number of nitrogens with one attached hydrogen (secondary N) is 1. The standard InChI is InChI=1S/C14H24N2OS/c1-12(13-5-4-9-17-13)15-6-7-16-8-10-18-14(2,3)11-16/h4-5,9,12,15H,6-8,10-11H2,1-3H3. The van der Waals surface area contributed by atoms with E-state index in [2.05, 4.69) is 42.7 Å². The van der Waals surface area contributed by atoms with Gasteiger partial charge in [0.05, 0.1) is 12.3 Å². The molecular formula is C14H24N2OS. The van der Waals surface area contributed by atoms with Gasteiger partial charge in [0, 0.05) is 36.7 Å². The van der Waals surface area contributed by atoms with E-state index < -0.39 is 0 Å². The van der Waals surface area contributed by atoms with Crippen molar-refractivity contribution in [1.82, 2.24) is 10.2 Å². The molecule has 1 unspecified atom stereocenters. The molecule has 3 nitrogen and oxygen atoms in total. The number of hydrogen-bond donors (Lipinski definition) is 1. The molecule has 1 saturated heterocycles. The summed E-state index contributed by atoms with van der Waals surface area (Å²) in [7, 11) is 0. The first-order chi connectivity index (χ1) is 8.57. The number of furan rings is 1. The molecule has 0 radical (unpaired) electrons. The zero-order valence-corrected chi connectivity index (χ0v) is 12.4. The maximum absolute atomic E-state index is 5.39. The third-order valence-electron chi connectivity index (χ3n) is 3.35. The average Bonchev–Trinajstić information content (AvgIpc) is 2.81. The van der Waals surface area contributed by atoms with E-state index >= 15 is 0 Å². The van der Waals surface area contributed by atoms with Crippen LogP contribution in [0.5, 0.6) is 0 Å². The Labute approximate surface area is 114 Å². The Hall–Kier alpha value is -0.450. The molecule has 0 bridgehead atoms. The molecule has 1 aromatic heterocycles. The van der Waals surface area contributed by atoms with E-state index in [0.717, 1.165) is 18.8 Å². The molecule has 102 valence electrons. The molecule has 1 fully saturated rings. The lowest BCUT2D eigenvalue weighted by molar-refractivity contribution is 0.255. The zero-order chi connectivity index (χ0) is 13.0. The van der Waals surface area contributed by atoms with Crippen LogP contribution in [0.1, 0.15) is 32.6 Å². The van der Waals surface area contributed by atoms with Gasteiger partial charge in [0.15, 0.2) is 0 Å². The summed E-state index contributed by atoms with van der Waals surface area (Å²) in [5.74, 6) is 2.27. The molecule has 1 N–H and O–H groups in total. The summed E-state index contributed by atoms with van der Waals surface area (Å²) >= 11 is 2.08. The molecule has 4 heteroatoms. The van der Waals surface area contributed by atoms with Gasteiger partial charge in [-0.1, -0.05) is 0 Å². The Bertz CT molecular complexity index is 351. The first-order valence-corrected chi connectivity index (χ1v) is 7.68. The van der Waals surface area contributed by atoms with Crippen molar-refractivity contribution in [1.29, 1.82) is 0 Å². The Morgan fingerprint density at radius 2 is 2.39 bits per heavy atom. The monoisotopic (exact) mass is 268 g/mol. The highest BCUT2D eigenvalue weighted by atomic mass is 32.2. The highest BCUT2D eigenvalue weighted by Gasteiger charge is 2.26. The van der Waals surface area contributed by atoms with Crippen LogP contribution in [0, 0.1) is 0 Å². The molecule has 1 aliphatic rings. The summed E-state index contributed by atoms with van der Waals surface area (Å²) in [4.78, 5) is 2.55. The van der Waals surface area contributed by atoms with E-state index in [0.29, 0.717) is 10.8 Å². The summed E-state index contributed by atoms with van der Waals surface area (Å²) in [6.07, 6.45) is 1.73. The minimum Gasteiger partial charge on any atom is -0.468 e. The lowest BCUT2D eigenvalue weighted by atomic mass is 10.2. The maximum Gasteiger partial charge on any atom is 0.120 e. The predicted molar refractivity (Wildman–Crippen MR) is 78.1 cm³/mol. The fourth-order valence-corrected chi connectivity index (χ4v) is 3.56. The topological polar surface area (TPSA) is 28.4 Å². The first kappa shape index (κ1) is 14.0. The van der Waals surface area contributed by atoms with Gasteiger partial charge < -0.3 is 9.73 Å². The molecule has 0 aliphatic carbocycles. The highest BCUT2D eigenvalue weighted by Crippen LogP contribution is 2.29. The number of hydrogen-bond acceptors (Lipinski definition) is 4. The second-order valence-electron chi connectivity index (χ2n) is 5.58. The van der Waals surface area contributed by atoms with E-state index in [4.69, 9.17) is 4.42 Å². The van der Waals surface area contributed by atoms with Gasteiger partial charge in [0.2, 0.25) is 0 Å². The van der Waals surface area contributed by atoms with Crippen LogP contribution in [0.2, 0.25) is 0 Å². The van der Waals surface area contributed by atoms with Crippen LogP contribution >= 0.6 is 11.8 Å². The molecule has 2 heterocycles. The van der Waals surface area contributed by atoms with Gasteiger partial charge in [-0.25, -0.2) is 0 Å². The summed E-state index contributed by atoms with van der Waals surface area (Å²) in [5.41, 5.74) is 0. The van der Waals surface area contributed by atoms with Crippen LogP contribution in [-0.2, 0) is 0 Å². The Morgan fingerprint density at radius 1 is 1.56 bits per heavy atom. The lowest BCUT2D eigenvalue weighted by Gasteiger charge is -2.37. The van der Waals surface area contributed by atoms with Crippen molar-refractivity contribution in [3.05, 3.63) is 24.2 Å². The van der Waals surface area contributed by atoms with E-state index in [1.165, 1.54) is 18.8 Å². The summed E-state index contributed by atoms with van der Waals surface area (Å²) in [5, 5.41) is 3.52. The SMILES string of the molecule is CC(NCCN1CCSC(C)(C)C1)c1ccco1. The molecule has 0 aromatic carbocycles. The second-order valence-corrected chi connectivity index (χ2v) is 7.38. The van der Waals surface area contributed by atoms with Crippen molar-refractivity contribution in [2.45, 2.75) is 31.6 Å². The third kappa shape index (κ3) is 4.04. The molecule has 0 amide bonds. The van der Waals surface area contributed by atoms with Crippen LogP contribution in [0.15, 0.2) is 22.8 Å². The number of thioether (sulfide) groups is 1. The van der Waals surface area contributed by atoms with E-state index in [-0.39, 0.29) is 0 Å². The summed E-state index contributed by atoms with van der Waals surface area (Å²) in [6, 6.07) is 4.27. The number of nitrogens with zero attached hydrogens (tertiary/aromatic N) is 1. The third-order valence-corrected chi connectivity index (χ3v) is 4.65. The zero-order valence-electron chi connectivity index (χ0n) is 11.6. The van der Waals surface area contributed by atoms with Crippen LogP contribution < -0.4 is 5.32 Å². The fraction of sp³-hybridized carbons (Fsp3) is 0.714. The molecule has 1 aromatic rings. The summed E-state index contributed by atoms with van der Waals surface area (Å²) < 4.78 is 5.80. The van der Waals surface area contributed by atoms with Gasteiger partial charge >= 0.3 is 0 Å². The smallest absolute Gasteiger partial charge is 0.120 e. The van der Waals surface area contributed by atoms with Crippen LogP contribution in [0.4, 0.5) is 0 Å². The Kier molecular flexibility index (Phi) is 4.76. The molecule has 0 saturated carbocycles. The quantitative estimate of drug-likeness (QED) is 0.889. The van der Waals surface area contributed by atoms with Gasteiger partial charge in [0.1, 0.15) is 5.76 Å². The minimum atomic E-state index is 0.298. The van der Waals surface area contributed by atoms with Gasteiger partial charge in [0.25, 0.3) is 0 Å². The van der Waals surface area contributed by atoms with Crippen LogP contribution in [-0.4, -0.2) is 41.6 Å². The minimum absolute atomic E-state index is 0.298. The van der Waals surface area contributed by atoms with Crippen molar-refractivity contribution < 1.29 is 4.42 Å². The Morgan fingerprint density at radius 3 is 3.06 bits per heavy atom. The normalized spacial score (nSPS) is 21.9. The van der Waals surface area contributed by atoms with Crippen molar-refractivity contribution >= 4 is 11.8 Å². The first-order valence-electron chi connectivity index (χ1n) is 6.70. The molecular weight excluding hydrogens is 244 g/mol. The number of rotatable bonds is 5. The van der Waals surface area contributed by atoms with Crippen LogP contribution in [0.25, 0.3) is 0 Å². The molecule has 18 heavy (non-hydrogen) atoms.